The first-order chi connectivity index (χ1) is 16.3. The molecule has 0 amide bonds. The van der Waals surface area contributed by atoms with Crippen molar-refractivity contribution in [1.82, 2.24) is 5.32 Å². The Balaban J connectivity index is 1.52. The van der Waals surface area contributed by atoms with Gasteiger partial charge >= 0.3 is 5.97 Å². The van der Waals surface area contributed by atoms with Gasteiger partial charge in [-0.05, 0) is 79.9 Å². The minimum Gasteiger partial charge on any atom is -0.462 e. The van der Waals surface area contributed by atoms with Gasteiger partial charge in [0, 0.05) is 11.6 Å². The number of carbonyl (C=O) groups excluding carboxylic acids is 1. The van der Waals surface area contributed by atoms with Crippen molar-refractivity contribution in [2.75, 3.05) is 19.7 Å². The van der Waals surface area contributed by atoms with E-state index in [0.29, 0.717) is 18.1 Å². The van der Waals surface area contributed by atoms with Crippen molar-refractivity contribution in [3.05, 3.63) is 94.5 Å². The van der Waals surface area contributed by atoms with Crippen molar-refractivity contribution >= 4 is 27.4 Å². The van der Waals surface area contributed by atoms with E-state index in [4.69, 9.17) is 16.3 Å². The zero-order chi connectivity index (χ0) is 24.6. The van der Waals surface area contributed by atoms with Gasteiger partial charge in [-0.25, -0.2) is 13.2 Å². The molecule has 0 aliphatic heterocycles. The van der Waals surface area contributed by atoms with E-state index in [1.807, 2.05) is 12.1 Å². The number of aliphatic hydroxyl groups is 1. The molecule has 1 atom stereocenters. The van der Waals surface area contributed by atoms with Gasteiger partial charge in [-0.2, -0.15) is 0 Å². The second-order valence-corrected chi connectivity index (χ2v) is 10.2. The predicted octanol–water partition coefficient (Wildman–Crippen LogP) is 4.61. The molecule has 0 bridgehead atoms. The standard InChI is InChI=1S/C26H28ClNO5S/c1-2-33-26(30)21-8-4-10-24(17-21)34(31,32)23-13-11-19(12-14-23)6-5-15-28-18-25(29)20-7-3-9-22(27)16-20/h3-4,7-14,16-17,25,28-29H,2,5-6,15,18H2,1H3/t25-/m0/s1. The van der Waals surface area contributed by atoms with Crippen LogP contribution in [0.15, 0.2) is 82.6 Å². The van der Waals surface area contributed by atoms with Gasteiger partial charge in [0.05, 0.1) is 28.1 Å². The van der Waals surface area contributed by atoms with Crippen LogP contribution in [0.2, 0.25) is 5.02 Å². The topological polar surface area (TPSA) is 92.7 Å². The molecule has 180 valence electrons. The van der Waals surface area contributed by atoms with E-state index in [2.05, 4.69) is 5.32 Å². The van der Waals surface area contributed by atoms with E-state index >= 15 is 0 Å². The number of ether oxygens (including phenoxy) is 1. The molecule has 3 aromatic rings. The van der Waals surface area contributed by atoms with Gasteiger partial charge < -0.3 is 15.2 Å². The molecule has 0 aliphatic rings. The minimum absolute atomic E-state index is 0.0493. The maximum Gasteiger partial charge on any atom is 0.338 e. The lowest BCUT2D eigenvalue weighted by atomic mass is 10.1. The summed E-state index contributed by atoms with van der Waals surface area (Å²) in [7, 11) is -3.75. The number of sulfone groups is 1. The SMILES string of the molecule is CCOC(=O)c1cccc(S(=O)(=O)c2ccc(CCCNC[C@H](O)c3cccc(Cl)c3)cc2)c1. The van der Waals surface area contributed by atoms with E-state index < -0.39 is 21.9 Å². The van der Waals surface area contributed by atoms with Crippen LogP contribution in [-0.2, 0) is 21.0 Å². The highest BCUT2D eigenvalue weighted by atomic mass is 35.5. The largest absolute Gasteiger partial charge is 0.462 e. The highest BCUT2D eigenvalue weighted by molar-refractivity contribution is 7.91. The monoisotopic (exact) mass is 501 g/mol. The molecule has 34 heavy (non-hydrogen) atoms. The first-order valence-corrected chi connectivity index (χ1v) is 12.9. The molecule has 3 rings (SSSR count). The van der Waals surface area contributed by atoms with Crippen LogP contribution in [0.25, 0.3) is 0 Å². The van der Waals surface area contributed by atoms with Crippen LogP contribution in [0.5, 0.6) is 0 Å². The summed E-state index contributed by atoms with van der Waals surface area (Å²) < 4.78 is 30.9. The van der Waals surface area contributed by atoms with Crippen molar-refractivity contribution in [3.8, 4) is 0 Å². The van der Waals surface area contributed by atoms with Crippen molar-refractivity contribution in [1.29, 1.82) is 0 Å². The second-order valence-electron chi connectivity index (χ2n) is 7.77. The fourth-order valence-corrected chi connectivity index (χ4v) is 4.97. The Morgan fingerprint density at radius 1 is 1.03 bits per heavy atom. The number of aryl methyl sites for hydroxylation is 1. The number of benzene rings is 3. The maximum atomic E-state index is 13.0. The lowest BCUT2D eigenvalue weighted by Gasteiger charge is -2.12. The fraction of sp³-hybridized carbons (Fsp3) is 0.269. The molecule has 0 fully saturated rings. The van der Waals surface area contributed by atoms with Gasteiger partial charge in [-0.3, -0.25) is 0 Å². The molecule has 0 radical (unpaired) electrons. The molecule has 0 unspecified atom stereocenters. The maximum absolute atomic E-state index is 13.0. The highest BCUT2D eigenvalue weighted by Crippen LogP contribution is 2.23. The number of nitrogens with one attached hydrogen (secondary N) is 1. The molecule has 0 heterocycles. The summed E-state index contributed by atoms with van der Waals surface area (Å²) >= 11 is 5.96. The van der Waals surface area contributed by atoms with Crippen LogP contribution in [0.4, 0.5) is 0 Å². The third kappa shape index (κ3) is 6.90. The van der Waals surface area contributed by atoms with Crippen LogP contribution in [0.1, 0.15) is 40.9 Å². The van der Waals surface area contributed by atoms with E-state index in [-0.39, 0.29) is 22.0 Å². The quantitative estimate of drug-likeness (QED) is 0.294. The van der Waals surface area contributed by atoms with E-state index in [1.54, 1.807) is 43.3 Å². The third-order valence-electron chi connectivity index (χ3n) is 5.28. The molecule has 8 heteroatoms. The smallest absolute Gasteiger partial charge is 0.338 e. The second kappa shape index (κ2) is 12.1. The molecular formula is C26H28ClNO5S. The van der Waals surface area contributed by atoms with Gasteiger partial charge in [0.25, 0.3) is 0 Å². The Morgan fingerprint density at radius 2 is 1.76 bits per heavy atom. The number of esters is 1. The van der Waals surface area contributed by atoms with Crippen molar-refractivity contribution in [2.24, 2.45) is 0 Å². The number of carbonyl (C=O) groups is 1. The van der Waals surface area contributed by atoms with Crippen molar-refractivity contribution in [2.45, 2.75) is 35.7 Å². The zero-order valence-corrected chi connectivity index (χ0v) is 20.5. The Morgan fingerprint density at radius 3 is 2.47 bits per heavy atom. The lowest BCUT2D eigenvalue weighted by molar-refractivity contribution is 0.0526. The summed E-state index contributed by atoms with van der Waals surface area (Å²) in [6.07, 6.45) is 0.958. The average molecular weight is 502 g/mol. The van der Waals surface area contributed by atoms with Crippen LogP contribution in [0.3, 0.4) is 0 Å². The van der Waals surface area contributed by atoms with Crippen LogP contribution >= 0.6 is 11.6 Å². The van der Waals surface area contributed by atoms with E-state index in [1.165, 1.54) is 24.3 Å². The summed E-state index contributed by atoms with van der Waals surface area (Å²) in [5.74, 6) is -0.552. The first-order valence-electron chi connectivity index (χ1n) is 11.1. The van der Waals surface area contributed by atoms with Crippen LogP contribution < -0.4 is 5.32 Å². The van der Waals surface area contributed by atoms with E-state index in [9.17, 15) is 18.3 Å². The molecule has 3 aromatic carbocycles. The third-order valence-corrected chi connectivity index (χ3v) is 7.28. The molecule has 0 saturated heterocycles. The predicted molar refractivity (Wildman–Crippen MR) is 132 cm³/mol. The molecule has 0 aromatic heterocycles. The van der Waals surface area contributed by atoms with Gasteiger partial charge in [0.1, 0.15) is 0 Å². The number of halogens is 1. The lowest BCUT2D eigenvalue weighted by Crippen LogP contribution is -2.22. The summed E-state index contributed by atoms with van der Waals surface area (Å²) in [6.45, 7) is 3.04. The van der Waals surface area contributed by atoms with Crippen molar-refractivity contribution < 1.29 is 23.1 Å². The van der Waals surface area contributed by atoms with Gasteiger partial charge in [0.2, 0.25) is 9.84 Å². The Labute approximate surface area is 205 Å². The first kappa shape index (κ1) is 25.9. The summed E-state index contributed by atoms with van der Waals surface area (Å²) in [5, 5.41) is 14.1. The molecule has 0 spiro atoms. The number of rotatable bonds is 11. The molecule has 0 aliphatic carbocycles. The molecular weight excluding hydrogens is 474 g/mol. The Bertz CT molecular complexity index is 1210. The summed E-state index contributed by atoms with van der Waals surface area (Å²) in [4.78, 5) is 12.1. The van der Waals surface area contributed by atoms with Gasteiger partial charge in [-0.15, -0.1) is 0 Å². The fourth-order valence-electron chi connectivity index (χ4n) is 3.46. The molecule has 6 nitrogen and oxygen atoms in total. The van der Waals surface area contributed by atoms with Gasteiger partial charge in [-0.1, -0.05) is 41.9 Å². The zero-order valence-electron chi connectivity index (χ0n) is 18.9. The summed E-state index contributed by atoms with van der Waals surface area (Å²) in [6, 6.07) is 19.8. The number of aliphatic hydroxyl groups excluding tert-OH is 1. The average Bonchev–Trinajstić information content (AvgIpc) is 2.84. The minimum atomic E-state index is -3.75. The van der Waals surface area contributed by atoms with Crippen LogP contribution in [0, 0.1) is 0 Å². The van der Waals surface area contributed by atoms with Crippen LogP contribution in [-0.4, -0.2) is 39.2 Å². The Hall–Kier alpha value is -2.71. The van der Waals surface area contributed by atoms with Gasteiger partial charge in [0.15, 0.2) is 0 Å². The summed E-state index contributed by atoms with van der Waals surface area (Å²) in [5.41, 5.74) is 1.98. The Kier molecular flexibility index (Phi) is 9.24. The van der Waals surface area contributed by atoms with E-state index in [0.717, 1.165) is 24.0 Å². The molecule has 2 N–H and O–H groups in total. The van der Waals surface area contributed by atoms with Crippen molar-refractivity contribution in [3.63, 3.8) is 0 Å². The highest BCUT2D eigenvalue weighted by Gasteiger charge is 2.19. The number of hydrogen-bond donors (Lipinski definition) is 2. The molecule has 0 saturated carbocycles. The normalized spacial score (nSPS) is 12.3. The number of hydrogen-bond acceptors (Lipinski definition) is 6.